The van der Waals surface area contributed by atoms with Crippen LogP contribution in [0.4, 0.5) is 0 Å². The van der Waals surface area contributed by atoms with Gasteiger partial charge in [-0.2, -0.15) is 0 Å². The largest absolute Gasteiger partial charge is 0.322 e. The Balaban J connectivity index is 1.44. The van der Waals surface area contributed by atoms with Crippen LogP contribution in [0.25, 0.3) is 0 Å². The van der Waals surface area contributed by atoms with Gasteiger partial charge in [-0.15, -0.1) is 23.1 Å². The zero-order chi connectivity index (χ0) is 22.0. The van der Waals surface area contributed by atoms with Gasteiger partial charge >= 0.3 is 0 Å². The zero-order valence-electron chi connectivity index (χ0n) is 17.7. The molecule has 2 aliphatic rings. The first-order valence-electron chi connectivity index (χ1n) is 10.5. The third-order valence-electron chi connectivity index (χ3n) is 5.77. The maximum atomic E-state index is 12.9. The molecule has 0 saturated carbocycles. The predicted octanol–water partition coefficient (Wildman–Crippen LogP) is 3.04. The standard InChI is InChI=1S/C22H26N4O3S2/c1-3-25(4-2)10-14-12-31-20(23-14)13-30-18-7-5-6-15-16(18)11-26(22(15)29)17-8-9-19(27)24-21(17)28/h5-7,12,17H,3-4,8-11,13H2,1-2H3,(H,24,27,28). The highest BCUT2D eigenvalue weighted by molar-refractivity contribution is 7.98. The molecule has 1 unspecified atom stereocenters. The average Bonchev–Trinajstić information content (AvgIpc) is 3.35. The first-order valence-corrected chi connectivity index (χ1v) is 12.4. The summed E-state index contributed by atoms with van der Waals surface area (Å²) in [6.45, 7) is 7.58. The second-order valence-electron chi connectivity index (χ2n) is 7.66. The van der Waals surface area contributed by atoms with E-state index in [0.29, 0.717) is 18.5 Å². The van der Waals surface area contributed by atoms with Crippen molar-refractivity contribution in [1.29, 1.82) is 0 Å². The number of amides is 3. The molecular weight excluding hydrogens is 432 g/mol. The zero-order valence-corrected chi connectivity index (χ0v) is 19.4. The van der Waals surface area contributed by atoms with E-state index >= 15 is 0 Å². The van der Waals surface area contributed by atoms with Crippen LogP contribution in [0.2, 0.25) is 0 Å². The normalized spacial score (nSPS) is 18.6. The van der Waals surface area contributed by atoms with E-state index in [1.54, 1.807) is 28.0 Å². The van der Waals surface area contributed by atoms with Crippen LogP contribution in [0.5, 0.6) is 0 Å². The molecule has 31 heavy (non-hydrogen) atoms. The summed E-state index contributed by atoms with van der Waals surface area (Å²) in [5.74, 6) is -0.0466. The average molecular weight is 459 g/mol. The van der Waals surface area contributed by atoms with Crippen molar-refractivity contribution in [1.82, 2.24) is 20.1 Å². The minimum atomic E-state index is -0.586. The summed E-state index contributed by atoms with van der Waals surface area (Å²) < 4.78 is 0. The predicted molar refractivity (Wildman–Crippen MR) is 121 cm³/mol. The van der Waals surface area contributed by atoms with E-state index in [1.165, 1.54) is 0 Å². The SMILES string of the molecule is CCN(CC)Cc1csc(CSc2cccc3c2CN(C2CCC(=O)NC2=O)C3=O)n1. The summed E-state index contributed by atoms with van der Waals surface area (Å²) in [4.78, 5) is 46.4. The van der Waals surface area contributed by atoms with E-state index < -0.39 is 6.04 Å². The number of hydrogen-bond donors (Lipinski definition) is 1. The fraction of sp³-hybridized carbons (Fsp3) is 0.455. The smallest absolute Gasteiger partial charge is 0.255 e. The highest BCUT2D eigenvalue weighted by atomic mass is 32.2. The number of fused-ring (bicyclic) bond motifs is 1. The number of carbonyl (C=O) groups is 3. The van der Waals surface area contributed by atoms with E-state index in [2.05, 4.69) is 29.4 Å². The molecule has 9 heteroatoms. The fourth-order valence-electron chi connectivity index (χ4n) is 4.00. The monoisotopic (exact) mass is 458 g/mol. The molecule has 2 aromatic rings. The molecule has 0 spiro atoms. The summed E-state index contributed by atoms with van der Waals surface area (Å²) in [6, 6.07) is 5.15. The number of nitrogens with one attached hydrogen (secondary N) is 1. The molecule has 164 valence electrons. The Labute approximate surface area is 190 Å². The van der Waals surface area contributed by atoms with E-state index in [9.17, 15) is 14.4 Å². The minimum Gasteiger partial charge on any atom is -0.322 e. The van der Waals surface area contributed by atoms with Gasteiger partial charge in [0.1, 0.15) is 11.0 Å². The Morgan fingerprint density at radius 2 is 2.06 bits per heavy atom. The van der Waals surface area contributed by atoms with E-state index in [1.807, 2.05) is 18.2 Å². The second-order valence-corrected chi connectivity index (χ2v) is 9.62. The lowest BCUT2D eigenvalue weighted by atomic mass is 10.0. The third kappa shape index (κ3) is 4.68. The number of benzene rings is 1. The van der Waals surface area contributed by atoms with Crippen molar-refractivity contribution >= 4 is 40.8 Å². The second kappa shape index (κ2) is 9.50. The van der Waals surface area contributed by atoms with Crippen LogP contribution >= 0.6 is 23.1 Å². The van der Waals surface area contributed by atoms with Crippen LogP contribution in [0, 0.1) is 0 Å². The third-order valence-corrected chi connectivity index (χ3v) is 7.96. The maximum Gasteiger partial charge on any atom is 0.255 e. The van der Waals surface area contributed by atoms with Crippen molar-refractivity contribution in [2.45, 2.75) is 56.5 Å². The quantitative estimate of drug-likeness (QED) is 0.484. The molecule has 0 radical (unpaired) electrons. The number of aromatic nitrogens is 1. The van der Waals surface area contributed by atoms with E-state index in [0.717, 1.165) is 46.5 Å². The number of thiazole rings is 1. The molecule has 2 aliphatic heterocycles. The molecule has 3 heterocycles. The maximum absolute atomic E-state index is 12.9. The molecule has 1 saturated heterocycles. The summed E-state index contributed by atoms with van der Waals surface area (Å²) in [5.41, 5.74) is 2.71. The first kappa shape index (κ1) is 22.0. The first-order chi connectivity index (χ1) is 15.0. The minimum absolute atomic E-state index is 0.136. The van der Waals surface area contributed by atoms with Gasteiger partial charge in [-0.1, -0.05) is 19.9 Å². The Hall–Kier alpha value is -2.23. The van der Waals surface area contributed by atoms with Crippen LogP contribution in [0.3, 0.4) is 0 Å². The van der Waals surface area contributed by atoms with Gasteiger partial charge in [0.05, 0.1) is 11.4 Å². The lowest BCUT2D eigenvalue weighted by Crippen LogP contribution is -2.52. The van der Waals surface area contributed by atoms with Gasteiger partial charge in [-0.3, -0.25) is 24.6 Å². The Bertz CT molecular complexity index is 1000. The lowest BCUT2D eigenvalue weighted by Gasteiger charge is -2.29. The molecule has 4 rings (SSSR count). The van der Waals surface area contributed by atoms with Crippen molar-refractivity contribution in [3.8, 4) is 0 Å². The molecular formula is C22H26N4O3S2. The molecule has 3 amide bonds. The van der Waals surface area contributed by atoms with Crippen LogP contribution in [0.1, 0.15) is 53.3 Å². The van der Waals surface area contributed by atoms with Gasteiger partial charge in [0, 0.05) is 35.3 Å². The summed E-state index contributed by atoms with van der Waals surface area (Å²) in [6.07, 6.45) is 0.638. The highest BCUT2D eigenvalue weighted by Crippen LogP contribution is 2.36. The molecule has 1 aromatic heterocycles. The van der Waals surface area contributed by atoms with Crippen LogP contribution in [-0.4, -0.2) is 51.6 Å². The molecule has 1 aromatic carbocycles. The Kier molecular flexibility index (Phi) is 6.74. The molecule has 1 fully saturated rings. The van der Waals surface area contributed by atoms with Gasteiger partial charge in [-0.25, -0.2) is 4.98 Å². The number of thioether (sulfide) groups is 1. The number of piperidine rings is 1. The summed E-state index contributed by atoms with van der Waals surface area (Å²) >= 11 is 3.34. The van der Waals surface area contributed by atoms with Gasteiger partial charge < -0.3 is 4.90 Å². The van der Waals surface area contributed by atoms with Crippen LogP contribution in [-0.2, 0) is 28.4 Å². The molecule has 0 aliphatic carbocycles. The summed E-state index contributed by atoms with van der Waals surface area (Å²) in [7, 11) is 0. The van der Waals surface area contributed by atoms with Crippen molar-refractivity contribution in [2.24, 2.45) is 0 Å². The number of nitrogens with zero attached hydrogens (tertiary/aromatic N) is 3. The molecule has 1 N–H and O–H groups in total. The number of imide groups is 1. The molecule has 1 atom stereocenters. The molecule has 7 nitrogen and oxygen atoms in total. The fourth-order valence-corrected chi connectivity index (χ4v) is 5.88. The van der Waals surface area contributed by atoms with Gasteiger partial charge in [0.2, 0.25) is 11.8 Å². The topological polar surface area (TPSA) is 82.6 Å². The Morgan fingerprint density at radius 1 is 1.26 bits per heavy atom. The van der Waals surface area contributed by atoms with Crippen LogP contribution < -0.4 is 5.32 Å². The van der Waals surface area contributed by atoms with Crippen molar-refractivity contribution in [3.63, 3.8) is 0 Å². The molecule has 0 bridgehead atoms. The van der Waals surface area contributed by atoms with Crippen molar-refractivity contribution < 1.29 is 14.4 Å². The van der Waals surface area contributed by atoms with Crippen molar-refractivity contribution in [2.75, 3.05) is 13.1 Å². The van der Waals surface area contributed by atoms with E-state index in [-0.39, 0.29) is 24.1 Å². The van der Waals surface area contributed by atoms with Crippen LogP contribution in [0.15, 0.2) is 28.5 Å². The lowest BCUT2D eigenvalue weighted by molar-refractivity contribution is -0.136. The highest BCUT2D eigenvalue weighted by Gasteiger charge is 2.39. The number of hydrogen-bond acceptors (Lipinski definition) is 7. The van der Waals surface area contributed by atoms with Crippen molar-refractivity contribution in [3.05, 3.63) is 45.4 Å². The van der Waals surface area contributed by atoms with Gasteiger partial charge in [0.15, 0.2) is 0 Å². The van der Waals surface area contributed by atoms with Gasteiger partial charge in [0.25, 0.3) is 5.91 Å². The summed E-state index contributed by atoms with van der Waals surface area (Å²) in [5, 5.41) is 5.54. The van der Waals surface area contributed by atoms with Gasteiger partial charge in [-0.05, 0) is 37.2 Å². The number of carbonyl (C=O) groups excluding carboxylic acids is 3. The number of rotatable bonds is 8. The van der Waals surface area contributed by atoms with E-state index in [4.69, 9.17) is 4.98 Å². The Morgan fingerprint density at radius 3 is 2.81 bits per heavy atom.